The molecule has 2 N–H and O–H groups in total. The molecule has 2 aromatic rings. The molecule has 118 valence electrons. The molecule has 0 aliphatic heterocycles. The van der Waals surface area contributed by atoms with Crippen molar-refractivity contribution in [3.63, 3.8) is 0 Å². The summed E-state index contributed by atoms with van der Waals surface area (Å²) < 4.78 is 33.9. The van der Waals surface area contributed by atoms with Crippen molar-refractivity contribution >= 4 is 17.5 Å². The van der Waals surface area contributed by atoms with E-state index >= 15 is 0 Å². The minimum absolute atomic E-state index is 0.153. The van der Waals surface area contributed by atoms with E-state index in [-0.39, 0.29) is 28.6 Å². The summed E-state index contributed by atoms with van der Waals surface area (Å²) in [5.41, 5.74) is -0.153. The van der Waals surface area contributed by atoms with E-state index in [1.165, 1.54) is 24.5 Å². The summed E-state index contributed by atoms with van der Waals surface area (Å²) in [5.74, 6) is -0.733. The van der Waals surface area contributed by atoms with Crippen molar-refractivity contribution in [3.05, 3.63) is 52.9 Å². The van der Waals surface area contributed by atoms with Gasteiger partial charge in [0.1, 0.15) is 17.6 Å². The Bertz CT molecular complexity index is 634. The third kappa shape index (κ3) is 4.19. The highest BCUT2D eigenvalue weighted by Gasteiger charge is 2.18. The van der Waals surface area contributed by atoms with Gasteiger partial charge in [-0.3, -0.25) is 4.79 Å². The van der Waals surface area contributed by atoms with Crippen LogP contribution >= 0.6 is 11.6 Å². The van der Waals surface area contributed by atoms with Gasteiger partial charge in [0.25, 0.3) is 5.91 Å². The minimum Gasteiger partial charge on any atom is -0.467 e. The van der Waals surface area contributed by atoms with E-state index in [2.05, 4.69) is 10.1 Å². The summed E-state index contributed by atoms with van der Waals surface area (Å²) >= 11 is 5.75. The molecule has 1 unspecified atom stereocenters. The average Bonchev–Trinajstić information content (AvgIpc) is 3.00. The van der Waals surface area contributed by atoms with Crippen LogP contribution in [-0.2, 0) is 0 Å². The summed E-state index contributed by atoms with van der Waals surface area (Å²) in [6.07, 6.45) is 0.323. The number of carbonyl (C=O) groups excluding carboxylic acids is 1. The van der Waals surface area contributed by atoms with E-state index in [1.54, 1.807) is 12.1 Å². The molecular weight excluding hydrogens is 320 g/mol. The SMILES string of the molecule is O=C(NCC(O)c1ccco1)c1cc(Cl)ccc1OC(F)F. The maximum Gasteiger partial charge on any atom is 0.387 e. The number of furan rings is 1. The number of benzene rings is 1. The van der Waals surface area contributed by atoms with E-state index in [1.807, 2.05) is 0 Å². The van der Waals surface area contributed by atoms with Crippen molar-refractivity contribution in [2.45, 2.75) is 12.7 Å². The Labute approximate surface area is 129 Å². The maximum absolute atomic E-state index is 12.3. The number of ether oxygens (including phenoxy) is 1. The van der Waals surface area contributed by atoms with Crippen LogP contribution in [0.25, 0.3) is 0 Å². The lowest BCUT2D eigenvalue weighted by molar-refractivity contribution is -0.0501. The summed E-state index contributed by atoms with van der Waals surface area (Å²) in [5, 5.41) is 12.4. The molecule has 0 radical (unpaired) electrons. The van der Waals surface area contributed by atoms with E-state index in [0.29, 0.717) is 0 Å². The molecule has 1 aromatic carbocycles. The highest BCUT2D eigenvalue weighted by molar-refractivity contribution is 6.31. The van der Waals surface area contributed by atoms with E-state index < -0.39 is 18.6 Å². The Balaban J connectivity index is 2.07. The Kier molecular flexibility index (Phi) is 5.35. The van der Waals surface area contributed by atoms with E-state index in [4.69, 9.17) is 16.0 Å². The molecule has 0 saturated carbocycles. The van der Waals surface area contributed by atoms with Gasteiger partial charge in [-0.15, -0.1) is 0 Å². The molecule has 5 nitrogen and oxygen atoms in total. The zero-order chi connectivity index (χ0) is 16.1. The predicted octanol–water partition coefficient (Wildman–Crippen LogP) is 3.00. The zero-order valence-corrected chi connectivity index (χ0v) is 11.9. The summed E-state index contributed by atoms with van der Waals surface area (Å²) in [4.78, 5) is 12.0. The first-order valence-electron chi connectivity index (χ1n) is 6.21. The standard InChI is InChI=1S/C14H12ClF2NO4/c15-8-3-4-11(22-14(16)17)9(6-8)13(20)18-7-10(19)12-2-1-5-21-12/h1-6,10,14,19H,7H2,(H,18,20). The van der Waals surface area contributed by atoms with Crippen molar-refractivity contribution in [2.24, 2.45) is 0 Å². The van der Waals surface area contributed by atoms with Crippen molar-refractivity contribution in [1.29, 1.82) is 0 Å². The normalized spacial score (nSPS) is 12.2. The highest BCUT2D eigenvalue weighted by atomic mass is 35.5. The third-order valence-electron chi connectivity index (χ3n) is 2.73. The van der Waals surface area contributed by atoms with Gasteiger partial charge in [0, 0.05) is 5.02 Å². The number of alkyl halides is 2. The lowest BCUT2D eigenvalue weighted by Crippen LogP contribution is -2.28. The number of nitrogens with one attached hydrogen (secondary N) is 1. The first kappa shape index (κ1) is 16.3. The second-order valence-corrected chi connectivity index (χ2v) is 4.70. The molecule has 1 heterocycles. The fourth-order valence-corrected chi connectivity index (χ4v) is 1.92. The summed E-state index contributed by atoms with van der Waals surface area (Å²) in [7, 11) is 0. The molecule has 0 saturated heterocycles. The van der Waals surface area contributed by atoms with Crippen LogP contribution in [0.3, 0.4) is 0 Å². The van der Waals surface area contributed by atoms with Crippen molar-refractivity contribution in [3.8, 4) is 5.75 Å². The molecule has 0 fully saturated rings. The number of carbonyl (C=O) groups is 1. The third-order valence-corrected chi connectivity index (χ3v) is 2.96. The van der Waals surface area contributed by atoms with Crippen molar-refractivity contribution in [2.75, 3.05) is 6.54 Å². The largest absolute Gasteiger partial charge is 0.467 e. The van der Waals surface area contributed by atoms with Crippen LogP contribution < -0.4 is 10.1 Å². The molecule has 1 atom stereocenters. The fourth-order valence-electron chi connectivity index (χ4n) is 1.74. The first-order valence-corrected chi connectivity index (χ1v) is 6.59. The second-order valence-electron chi connectivity index (χ2n) is 4.26. The monoisotopic (exact) mass is 331 g/mol. The molecule has 0 spiro atoms. The second kappa shape index (κ2) is 7.24. The van der Waals surface area contributed by atoms with Crippen molar-refractivity contribution in [1.82, 2.24) is 5.32 Å². The van der Waals surface area contributed by atoms with Crippen LogP contribution in [0.1, 0.15) is 22.2 Å². The van der Waals surface area contributed by atoms with Gasteiger partial charge in [-0.1, -0.05) is 11.6 Å². The smallest absolute Gasteiger partial charge is 0.387 e. The van der Waals surface area contributed by atoms with E-state index in [0.717, 1.165) is 0 Å². The first-order chi connectivity index (χ1) is 10.5. The van der Waals surface area contributed by atoms with Crippen LogP contribution in [0.4, 0.5) is 8.78 Å². The van der Waals surface area contributed by atoms with Gasteiger partial charge in [-0.05, 0) is 30.3 Å². The number of hydrogen-bond acceptors (Lipinski definition) is 4. The highest BCUT2D eigenvalue weighted by Crippen LogP contribution is 2.24. The summed E-state index contributed by atoms with van der Waals surface area (Å²) in [6, 6.07) is 6.83. The van der Waals surface area contributed by atoms with Gasteiger partial charge in [-0.2, -0.15) is 8.78 Å². The van der Waals surface area contributed by atoms with Crippen molar-refractivity contribution < 1.29 is 27.8 Å². The maximum atomic E-state index is 12.3. The lowest BCUT2D eigenvalue weighted by atomic mass is 10.2. The van der Waals surface area contributed by atoms with Gasteiger partial charge in [0.15, 0.2) is 0 Å². The van der Waals surface area contributed by atoms with Crippen LogP contribution in [0, 0.1) is 0 Å². The van der Waals surface area contributed by atoms with Crippen LogP contribution in [0.5, 0.6) is 5.75 Å². The van der Waals surface area contributed by atoms with Gasteiger partial charge in [0.05, 0.1) is 18.4 Å². The molecule has 8 heteroatoms. The molecular formula is C14H12ClF2NO4. The Morgan fingerprint density at radius 1 is 1.41 bits per heavy atom. The number of hydrogen-bond donors (Lipinski definition) is 2. The number of aliphatic hydroxyl groups excluding tert-OH is 1. The van der Waals surface area contributed by atoms with Crippen LogP contribution in [0.2, 0.25) is 5.02 Å². The molecule has 0 bridgehead atoms. The number of rotatable bonds is 6. The number of halogens is 3. The lowest BCUT2D eigenvalue weighted by Gasteiger charge is -2.13. The topological polar surface area (TPSA) is 71.7 Å². The van der Waals surface area contributed by atoms with E-state index in [9.17, 15) is 18.7 Å². The fraction of sp³-hybridized carbons (Fsp3) is 0.214. The molecule has 2 rings (SSSR count). The molecule has 0 aliphatic carbocycles. The van der Waals surface area contributed by atoms with Gasteiger partial charge < -0.3 is 19.6 Å². The molecule has 22 heavy (non-hydrogen) atoms. The van der Waals surface area contributed by atoms with Gasteiger partial charge in [0.2, 0.25) is 0 Å². The zero-order valence-electron chi connectivity index (χ0n) is 11.1. The Morgan fingerprint density at radius 3 is 2.82 bits per heavy atom. The minimum atomic E-state index is -3.07. The molecule has 1 amide bonds. The Hall–Kier alpha value is -2.12. The van der Waals surface area contributed by atoms with Gasteiger partial charge >= 0.3 is 6.61 Å². The number of aliphatic hydroxyl groups is 1. The quantitative estimate of drug-likeness (QED) is 0.853. The predicted molar refractivity (Wildman–Crippen MR) is 74.1 cm³/mol. The Morgan fingerprint density at radius 2 is 2.18 bits per heavy atom. The number of amides is 1. The molecule has 0 aliphatic rings. The van der Waals surface area contributed by atoms with Crippen LogP contribution in [0.15, 0.2) is 41.0 Å². The average molecular weight is 332 g/mol. The molecule has 1 aromatic heterocycles. The van der Waals surface area contributed by atoms with Crippen LogP contribution in [-0.4, -0.2) is 24.2 Å². The van der Waals surface area contributed by atoms with Gasteiger partial charge in [-0.25, -0.2) is 0 Å². The summed E-state index contributed by atoms with van der Waals surface area (Å²) in [6.45, 7) is -3.23.